The molecule has 0 fully saturated rings. The SMILES string of the molecule is CCOC(=O)C(Br)CC(=O)SCC. The van der Waals surface area contributed by atoms with Gasteiger partial charge in [-0.3, -0.25) is 9.59 Å². The maximum Gasteiger partial charge on any atom is 0.320 e. The van der Waals surface area contributed by atoms with Crippen molar-refractivity contribution in [2.24, 2.45) is 0 Å². The van der Waals surface area contributed by atoms with Gasteiger partial charge in [-0.1, -0.05) is 34.6 Å². The number of hydrogen-bond donors (Lipinski definition) is 0. The number of esters is 1. The van der Waals surface area contributed by atoms with E-state index in [9.17, 15) is 9.59 Å². The molecule has 0 saturated carbocycles. The van der Waals surface area contributed by atoms with Crippen molar-refractivity contribution >= 4 is 38.8 Å². The van der Waals surface area contributed by atoms with Gasteiger partial charge in [-0.05, 0) is 12.7 Å². The highest BCUT2D eigenvalue weighted by Gasteiger charge is 2.19. The molecular formula is C8H13BrO3S. The van der Waals surface area contributed by atoms with E-state index in [-0.39, 0.29) is 17.5 Å². The zero-order chi connectivity index (χ0) is 10.3. The van der Waals surface area contributed by atoms with E-state index in [1.807, 2.05) is 6.92 Å². The van der Waals surface area contributed by atoms with E-state index in [1.165, 1.54) is 11.8 Å². The summed E-state index contributed by atoms with van der Waals surface area (Å²) < 4.78 is 4.74. The first-order chi connectivity index (χ1) is 6.11. The number of hydrogen-bond acceptors (Lipinski definition) is 4. The maximum absolute atomic E-state index is 11.1. The Balaban J connectivity index is 3.78. The lowest BCUT2D eigenvalue weighted by Gasteiger charge is -2.06. The van der Waals surface area contributed by atoms with Gasteiger partial charge in [-0.2, -0.15) is 0 Å². The Bertz CT molecular complexity index is 184. The van der Waals surface area contributed by atoms with E-state index in [2.05, 4.69) is 15.9 Å². The summed E-state index contributed by atoms with van der Waals surface area (Å²) in [6.45, 7) is 3.98. The molecule has 0 radical (unpaired) electrons. The number of carbonyl (C=O) groups excluding carboxylic acids is 2. The summed E-state index contributed by atoms with van der Waals surface area (Å²) in [5.41, 5.74) is 0. The van der Waals surface area contributed by atoms with Crippen molar-refractivity contribution < 1.29 is 14.3 Å². The van der Waals surface area contributed by atoms with Gasteiger partial charge in [0, 0.05) is 6.42 Å². The Morgan fingerprint density at radius 3 is 2.54 bits per heavy atom. The smallest absolute Gasteiger partial charge is 0.320 e. The molecule has 0 N–H and O–H groups in total. The predicted octanol–water partition coefficient (Wildman–Crippen LogP) is 1.98. The Kier molecular flexibility index (Phi) is 7.36. The van der Waals surface area contributed by atoms with Gasteiger partial charge in [0.2, 0.25) is 0 Å². The average Bonchev–Trinajstić information content (AvgIpc) is 2.05. The van der Waals surface area contributed by atoms with Crippen LogP contribution in [0.25, 0.3) is 0 Å². The van der Waals surface area contributed by atoms with E-state index >= 15 is 0 Å². The first-order valence-electron chi connectivity index (χ1n) is 4.08. The van der Waals surface area contributed by atoms with Gasteiger partial charge < -0.3 is 4.74 Å². The van der Waals surface area contributed by atoms with Crippen molar-refractivity contribution in [1.82, 2.24) is 0 Å². The zero-order valence-corrected chi connectivity index (χ0v) is 10.1. The summed E-state index contributed by atoms with van der Waals surface area (Å²) in [5.74, 6) is 0.369. The highest BCUT2D eigenvalue weighted by atomic mass is 79.9. The molecular weight excluding hydrogens is 256 g/mol. The van der Waals surface area contributed by atoms with E-state index < -0.39 is 4.83 Å². The Morgan fingerprint density at radius 1 is 1.46 bits per heavy atom. The van der Waals surface area contributed by atoms with Crippen molar-refractivity contribution in [2.75, 3.05) is 12.4 Å². The summed E-state index contributed by atoms with van der Waals surface area (Å²) in [4.78, 5) is 21.6. The fraction of sp³-hybridized carbons (Fsp3) is 0.750. The highest BCUT2D eigenvalue weighted by Crippen LogP contribution is 2.13. The molecule has 0 aliphatic heterocycles. The number of ether oxygens (including phenoxy) is 1. The third-order valence-electron chi connectivity index (χ3n) is 1.19. The lowest BCUT2D eigenvalue weighted by molar-refractivity contribution is -0.143. The lowest BCUT2D eigenvalue weighted by atomic mass is 10.3. The second-order valence-corrected chi connectivity index (χ2v) is 4.66. The van der Waals surface area contributed by atoms with Gasteiger partial charge in [0.15, 0.2) is 5.12 Å². The molecule has 1 atom stereocenters. The second kappa shape index (κ2) is 7.38. The largest absolute Gasteiger partial charge is 0.465 e. The summed E-state index contributed by atoms with van der Waals surface area (Å²) in [5, 5.41) is 0.0115. The van der Waals surface area contributed by atoms with E-state index in [4.69, 9.17) is 4.74 Å². The van der Waals surface area contributed by atoms with Crippen molar-refractivity contribution in [3.05, 3.63) is 0 Å². The van der Waals surface area contributed by atoms with Crippen molar-refractivity contribution in [1.29, 1.82) is 0 Å². The zero-order valence-electron chi connectivity index (χ0n) is 7.71. The lowest BCUT2D eigenvalue weighted by Crippen LogP contribution is -2.19. The molecule has 0 heterocycles. The van der Waals surface area contributed by atoms with Gasteiger partial charge in [0.25, 0.3) is 0 Å². The number of halogens is 1. The fourth-order valence-corrected chi connectivity index (χ4v) is 1.93. The first kappa shape index (κ1) is 13.0. The normalized spacial score (nSPS) is 12.2. The molecule has 0 amide bonds. The van der Waals surface area contributed by atoms with Crippen molar-refractivity contribution in [3.63, 3.8) is 0 Å². The molecule has 13 heavy (non-hydrogen) atoms. The summed E-state index contributed by atoms with van der Waals surface area (Å²) >= 11 is 4.32. The Morgan fingerprint density at radius 2 is 2.08 bits per heavy atom. The topological polar surface area (TPSA) is 43.4 Å². The van der Waals surface area contributed by atoms with E-state index in [1.54, 1.807) is 6.92 Å². The molecule has 0 spiro atoms. The summed E-state index contributed by atoms with van der Waals surface area (Å²) in [7, 11) is 0. The minimum Gasteiger partial charge on any atom is -0.465 e. The molecule has 0 bridgehead atoms. The van der Waals surface area contributed by atoms with Crippen LogP contribution >= 0.6 is 27.7 Å². The van der Waals surface area contributed by atoms with Crippen LogP contribution in [0.4, 0.5) is 0 Å². The van der Waals surface area contributed by atoms with Gasteiger partial charge in [0.1, 0.15) is 4.83 Å². The summed E-state index contributed by atoms with van der Waals surface area (Å²) in [6.07, 6.45) is 0.192. The molecule has 5 heteroatoms. The van der Waals surface area contributed by atoms with Crippen LogP contribution in [-0.4, -0.2) is 28.3 Å². The van der Waals surface area contributed by atoms with E-state index in [0.29, 0.717) is 6.61 Å². The van der Waals surface area contributed by atoms with Gasteiger partial charge >= 0.3 is 5.97 Å². The molecule has 76 valence electrons. The van der Waals surface area contributed by atoms with Crippen LogP contribution < -0.4 is 0 Å². The highest BCUT2D eigenvalue weighted by molar-refractivity contribution is 9.10. The van der Waals surface area contributed by atoms with E-state index in [0.717, 1.165) is 5.75 Å². The first-order valence-corrected chi connectivity index (χ1v) is 5.98. The van der Waals surface area contributed by atoms with Crippen LogP contribution in [0, 0.1) is 0 Å². The monoisotopic (exact) mass is 268 g/mol. The number of rotatable bonds is 5. The molecule has 0 aromatic heterocycles. The minimum atomic E-state index is -0.501. The Hall–Kier alpha value is -0.0300. The van der Waals surface area contributed by atoms with Crippen LogP contribution in [-0.2, 0) is 14.3 Å². The van der Waals surface area contributed by atoms with Gasteiger partial charge in [-0.25, -0.2) is 0 Å². The van der Waals surface area contributed by atoms with Crippen LogP contribution in [0.15, 0.2) is 0 Å². The van der Waals surface area contributed by atoms with Crippen LogP contribution in [0.5, 0.6) is 0 Å². The quantitative estimate of drug-likeness (QED) is 0.565. The molecule has 3 nitrogen and oxygen atoms in total. The maximum atomic E-state index is 11.1. The molecule has 0 aromatic carbocycles. The molecule has 1 unspecified atom stereocenters. The number of thioether (sulfide) groups is 1. The van der Waals surface area contributed by atoms with Crippen molar-refractivity contribution in [2.45, 2.75) is 25.1 Å². The number of alkyl halides is 1. The van der Waals surface area contributed by atoms with Crippen LogP contribution in [0.3, 0.4) is 0 Å². The second-order valence-electron chi connectivity index (χ2n) is 2.23. The Labute approximate surface area is 90.7 Å². The summed E-state index contributed by atoms with van der Waals surface area (Å²) in [6, 6.07) is 0. The fourth-order valence-electron chi connectivity index (χ4n) is 0.682. The van der Waals surface area contributed by atoms with Crippen LogP contribution in [0.2, 0.25) is 0 Å². The predicted molar refractivity (Wildman–Crippen MR) is 57.1 cm³/mol. The van der Waals surface area contributed by atoms with Gasteiger partial charge in [0.05, 0.1) is 6.61 Å². The van der Waals surface area contributed by atoms with Gasteiger partial charge in [-0.15, -0.1) is 0 Å². The molecule has 0 saturated heterocycles. The molecule has 0 aliphatic rings. The average molecular weight is 269 g/mol. The molecule has 0 rings (SSSR count). The third-order valence-corrected chi connectivity index (χ3v) is 2.67. The third kappa shape index (κ3) is 6.10. The molecule has 0 aromatic rings. The minimum absolute atomic E-state index is 0.0115. The molecule has 0 aliphatic carbocycles. The van der Waals surface area contributed by atoms with Crippen molar-refractivity contribution in [3.8, 4) is 0 Å². The van der Waals surface area contributed by atoms with Crippen LogP contribution in [0.1, 0.15) is 20.3 Å². The standard InChI is InChI=1S/C8H13BrO3S/c1-3-12-8(11)6(9)5-7(10)13-4-2/h6H,3-5H2,1-2H3. The number of carbonyl (C=O) groups is 2.